The lowest BCUT2D eigenvalue weighted by atomic mass is 10.0. The van der Waals surface area contributed by atoms with Gasteiger partial charge in [-0.3, -0.25) is 0 Å². The summed E-state index contributed by atoms with van der Waals surface area (Å²) < 4.78 is 26.1. The van der Waals surface area contributed by atoms with Crippen LogP contribution in [0, 0.1) is 0 Å². The van der Waals surface area contributed by atoms with Crippen LogP contribution in [0.1, 0.15) is 38.5 Å². The van der Waals surface area contributed by atoms with Gasteiger partial charge in [0, 0.05) is 12.1 Å². The molecule has 4 nitrogen and oxygen atoms in total. The van der Waals surface area contributed by atoms with E-state index in [2.05, 4.69) is 0 Å². The van der Waals surface area contributed by atoms with Crippen LogP contribution in [0.4, 0.5) is 0 Å². The third-order valence-electron chi connectivity index (χ3n) is 3.88. The molecule has 0 aromatic heterocycles. The van der Waals surface area contributed by atoms with Gasteiger partial charge in [-0.25, -0.2) is 8.42 Å². The number of aliphatic hydroxyl groups excluding tert-OH is 1. The van der Waals surface area contributed by atoms with Crippen LogP contribution in [0.25, 0.3) is 0 Å². The predicted octanol–water partition coefficient (Wildman–Crippen LogP) is 0.466. The van der Waals surface area contributed by atoms with E-state index in [1.165, 1.54) is 0 Å². The van der Waals surface area contributed by atoms with E-state index in [1.807, 2.05) is 0 Å². The summed E-state index contributed by atoms with van der Waals surface area (Å²) in [5, 5.41) is 9.51. The Bertz CT molecular complexity index is 349. The average Bonchev–Trinajstić information content (AvgIpc) is 2.93. The van der Waals surface area contributed by atoms with E-state index in [9.17, 15) is 13.5 Å². The van der Waals surface area contributed by atoms with Gasteiger partial charge < -0.3 is 5.11 Å². The molecule has 1 N–H and O–H groups in total. The third kappa shape index (κ3) is 1.52. The lowest BCUT2D eigenvalue weighted by molar-refractivity contribution is 0.0768. The highest BCUT2D eigenvalue weighted by Gasteiger charge is 2.51. The Hall–Kier alpha value is -0.130. The van der Waals surface area contributed by atoms with Gasteiger partial charge in [-0.05, 0) is 38.5 Å². The molecule has 5 heteroatoms. The Kier molecular flexibility index (Phi) is 2.13. The van der Waals surface area contributed by atoms with E-state index in [0.717, 1.165) is 25.7 Å². The van der Waals surface area contributed by atoms with E-state index in [-0.39, 0.29) is 23.4 Å². The van der Waals surface area contributed by atoms with Crippen LogP contribution in [-0.4, -0.2) is 41.3 Å². The van der Waals surface area contributed by atoms with E-state index < -0.39 is 10.0 Å². The molecule has 1 saturated carbocycles. The number of hydrogen-bond donors (Lipinski definition) is 1. The first-order valence-corrected chi connectivity index (χ1v) is 7.30. The van der Waals surface area contributed by atoms with Crippen molar-refractivity contribution in [1.82, 2.24) is 4.31 Å². The number of fused-ring (bicyclic) bond motifs is 2. The Balaban J connectivity index is 1.88. The number of nitrogens with zero attached hydrogens (tertiary/aromatic N) is 1. The molecule has 86 valence electrons. The van der Waals surface area contributed by atoms with Crippen LogP contribution in [0.15, 0.2) is 0 Å². The van der Waals surface area contributed by atoms with Crippen molar-refractivity contribution in [3.05, 3.63) is 0 Å². The number of piperidine rings is 1. The zero-order valence-corrected chi connectivity index (χ0v) is 9.49. The number of aliphatic hydroxyl groups is 1. The first-order chi connectivity index (χ1) is 7.09. The van der Waals surface area contributed by atoms with Gasteiger partial charge in [0.05, 0.1) is 11.4 Å². The number of rotatable bonds is 2. The van der Waals surface area contributed by atoms with Crippen LogP contribution < -0.4 is 0 Å². The number of sulfonamides is 1. The smallest absolute Gasteiger partial charge is 0.217 e. The minimum absolute atomic E-state index is 0.0874. The molecule has 15 heavy (non-hydrogen) atoms. The van der Waals surface area contributed by atoms with Crippen molar-refractivity contribution in [1.29, 1.82) is 0 Å². The van der Waals surface area contributed by atoms with Crippen molar-refractivity contribution in [2.24, 2.45) is 0 Å². The predicted molar refractivity (Wildman–Crippen MR) is 55.8 cm³/mol. The summed E-state index contributed by atoms with van der Waals surface area (Å²) in [5.74, 6) is 0. The minimum atomic E-state index is -3.03. The Morgan fingerprint density at radius 1 is 1.00 bits per heavy atom. The highest BCUT2D eigenvalue weighted by molar-refractivity contribution is 7.90. The fourth-order valence-electron chi connectivity index (χ4n) is 3.06. The molecule has 0 aromatic carbocycles. The van der Waals surface area contributed by atoms with Crippen LogP contribution in [0.5, 0.6) is 0 Å². The van der Waals surface area contributed by atoms with Gasteiger partial charge in [-0.2, -0.15) is 4.31 Å². The first-order valence-electron chi connectivity index (χ1n) is 5.79. The van der Waals surface area contributed by atoms with Crippen molar-refractivity contribution < 1.29 is 13.5 Å². The second kappa shape index (κ2) is 3.18. The molecule has 2 unspecified atom stereocenters. The lowest BCUT2D eigenvalue weighted by Crippen LogP contribution is -2.49. The molecule has 2 atom stereocenters. The zero-order valence-electron chi connectivity index (χ0n) is 8.67. The van der Waals surface area contributed by atoms with Crippen molar-refractivity contribution in [3.63, 3.8) is 0 Å². The molecule has 2 bridgehead atoms. The second-order valence-electron chi connectivity index (χ2n) is 5.08. The summed E-state index contributed by atoms with van der Waals surface area (Å²) in [6, 6.07) is 0.175. The fraction of sp³-hybridized carbons (Fsp3) is 1.00. The Labute approximate surface area is 90.3 Å². The standard InChI is InChI=1S/C10H17NO3S/c12-9-5-7-1-2-8(6-9)11(7)15(13,14)10-3-4-10/h7-10,12H,1-6H2. The fourth-order valence-corrected chi connectivity index (χ4v) is 5.35. The van der Waals surface area contributed by atoms with Crippen molar-refractivity contribution >= 4 is 10.0 Å². The van der Waals surface area contributed by atoms with Gasteiger partial charge in [-0.1, -0.05) is 0 Å². The molecule has 3 fully saturated rings. The number of hydrogen-bond acceptors (Lipinski definition) is 3. The van der Waals surface area contributed by atoms with Gasteiger partial charge >= 0.3 is 0 Å². The molecular formula is C10H17NO3S. The summed E-state index contributed by atoms with van der Waals surface area (Å²) >= 11 is 0. The molecule has 0 spiro atoms. The maximum Gasteiger partial charge on any atom is 0.217 e. The maximum absolute atomic E-state index is 12.2. The van der Waals surface area contributed by atoms with Gasteiger partial charge in [0.1, 0.15) is 0 Å². The highest BCUT2D eigenvalue weighted by atomic mass is 32.2. The molecule has 0 aromatic rings. The summed E-state index contributed by atoms with van der Waals surface area (Å²) in [5.41, 5.74) is 0. The monoisotopic (exact) mass is 231 g/mol. The lowest BCUT2D eigenvalue weighted by Gasteiger charge is -2.36. The molecule has 0 amide bonds. The van der Waals surface area contributed by atoms with Crippen molar-refractivity contribution in [2.45, 2.75) is 62.0 Å². The molecule has 0 radical (unpaired) electrons. The van der Waals surface area contributed by atoms with Crippen LogP contribution >= 0.6 is 0 Å². The van der Waals surface area contributed by atoms with Crippen LogP contribution in [-0.2, 0) is 10.0 Å². The molecular weight excluding hydrogens is 214 g/mol. The molecule has 2 saturated heterocycles. The molecule has 3 rings (SSSR count). The third-order valence-corrected chi connectivity index (χ3v) is 6.38. The molecule has 2 heterocycles. The zero-order chi connectivity index (χ0) is 10.6. The molecule has 1 aliphatic carbocycles. The van der Waals surface area contributed by atoms with E-state index in [1.54, 1.807) is 4.31 Å². The summed E-state index contributed by atoms with van der Waals surface area (Å²) in [4.78, 5) is 0. The highest BCUT2D eigenvalue weighted by Crippen LogP contribution is 2.42. The average molecular weight is 231 g/mol. The van der Waals surface area contributed by atoms with Crippen LogP contribution in [0.2, 0.25) is 0 Å². The molecule has 3 aliphatic rings. The van der Waals surface area contributed by atoms with Crippen molar-refractivity contribution in [2.75, 3.05) is 0 Å². The normalized spacial score (nSPS) is 42.1. The largest absolute Gasteiger partial charge is 0.393 e. The summed E-state index contributed by atoms with van der Waals surface area (Å²) in [6.07, 6.45) is 4.54. The van der Waals surface area contributed by atoms with E-state index >= 15 is 0 Å². The molecule has 2 aliphatic heterocycles. The maximum atomic E-state index is 12.2. The topological polar surface area (TPSA) is 57.6 Å². The van der Waals surface area contributed by atoms with Gasteiger partial charge in [0.2, 0.25) is 10.0 Å². The first kappa shape index (κ1) is 10.1. The van der Waals surface area contributed by atoms with Gasteiger partial charge in [0.25, 0.3) is 0 Å². The second-order valence-corrected chi connectivity index (χ2v) is 7.20. The van der Waals surface area contributed by atoms with E-state index in [4.69, 9.17) is 0 Å². The summed E-state index contributed by atoms with van der Waals surface area (Å²) in [6.45, 7) is 0. The summed E-state index contributed by atoms with van der Waals surface area (Å²) in [7, 11) is -3.03. The van der Waals surface area contributed by atoms with Gasteiger partial charge in [0.15, 0.2) is 0 Å². The van der Waals surface area contributed by atoms with Gasteiger partial charge in [-0.15, -0.1) is 0 Å². The van der Waals surface area contributed by atoms with Crippen molar-refractivity contribution in [3.8, 4) is 0 Å². The minimum Gasteiger partial charge on any atom is -0.393 e. The Morgan fingerprint density at radius 3 is 2.00 bits per heavy atom. The van der Waals surface area contributed by atoms with Crippen LogP contribution in [0.3, 0.4) is 0 Å². The SMILES string of the molecule is O=S(=O)(C1CC1)N1C2CCC1CC(O)C2. The van der Waals surface area contributed by atoms with E-state index in [0.29, 0.717) is 12.8 Å². The Morgan fingerprint density at radius 2 is 1.53 bits per heavy atom. The quantitative estimate of drug-likeness (QED) is 0.751.